The van der Waals surface area contributed by atoms with Gasteiger partial charge in [-0.25, -0.2) is 0 Å². The summed E-state index contributed by atoms with van der Waals surface area (Å²) in [6, 6.07) is 12.6. The maximum Gasteiger partial charge on any atom is 0.276 e. The third-order valence-electron chi connectivity index (χ3n) is 4.62. The van der Waals surface area contributed by atoms with Gasteiger partial charge in [-0.2, -0.15) is 0 Å². The van der Waals surface area contributed by atoms with E-state index >= 15 is 0 Å². The van der Waals surface area contributed by atoms with Gasteiger partial charge in [0.2, 0.25) is 0 Å². The molecule has 2 bridgehead atoms. The fraction of sp³-hybridized carbons (Fsp3) is 0.333. The van der Waals surface area contributed by atoms with Gasteiger partial charge in [0.15, 0.2) is 5.69 Å². The van der Waals surface area contributed by atoms with Crippen LogP contribution in [0.15, 0.2) is 47.0 Å². The van der Waals surface area contributed by atoms with Crippen LogP contribution in [0.5, 0.6) is 0 Å². The van der Waals surface area contributed by atoms with Crippen molar-refractivity contribution in [3.05, 3.63) is 59.5 Å². The molecule has 1 amide bonds. The van der Waals surface area contributed by atoms with E-state index in [0.717, 1.165) is 19.3 Å². The molecular weight excluding hydrogens is 276 g/mol. The van der Waals surface area contributed by atoms with E-state index in [9.17, 15) is 4.79 Å². The molecule has 0 aliphatic carbocycles. The Morgan fingerprint density at radius 2 is 2.09 bits per heavy atom. The monoisotopic (exact) mass is 294 g/mol. The van der Waals surface area contributed by atoms with Gasteiger partial charge in [-0.05, 0) is 37.3 Å². The summed E-state index contributed by atoms with van der Waals surface area (Å²) in [7, 11) is 0. The third kappa shape index (κ3) is 2.15. The van der Waals surface area contributed by atoms with Crippen molar-refractivity contribution in [1.29, 1.82) is 0 Å². The van der Waals surface area contributed by atoms with Gasteiger partial charge >= 0.3 is 0 Å². The topological polar surface area (TPSA) is 46.3 Å². The SMILES string of the molecule is Cc1cc(C(=O)N2C3C=C(c4ccccc4)CC2CC3)no1. The molecule has 4 rings (SSSR count). The Balaban J connectivity index is 1.63. The smallest absolute Gasteiger partial charge is 0.276 e. The van der Waals surface area contributed by atoms with Crippen molar-refractivity contribution in [3.63, 3.8) is 0 Å². The summed E-state index contributed by atoms with van der Waals surface area (Å²) in [4.78, 5) is 14.7. The molecule has 2 aromatic rings. The summed E-state index contributed by atoms with van der Waals surface area (Å²) in [5, 5.41) is 3.88. The fourth-order valence-electron chi connectivity index (χ4n) is 3.61. The fourth-order valence-corrected chi connectivity index (χ4v) is 3.61. The number of rotatable bonds is 2. The van der Waals surface area contributed by atoms with Crippen LogP contribution < -0.4 is 0 Å². The second kappa shape index (κ2) is 5.13. The van der Waals surface area contributed by atoms with Crippen molar-refractivity contribution in [1.82, 2.24) is 10.1 Å². The second-order valence-corrected chi connectivity index (χ2v) is 6.10. The standard InChI is InChI=1S/C18H18N2O2/c1-12-9-17(19-22-12)18(21)20-15-7-8-16(20)11-14(10-15)13-5-3-2-4-6-13/h2-6,9-10,15-16H,7-8,11H2,1H3. The summed E-state index contributed by atoms with van der Waals surface area (Å²) in [6.45, 7) is 1.81. The lowest BCUT2D eigenvalue weighted by Crippen LogP contribution is -2.43. The van der Waals surface area contributed by atoms with Crippen LogP contribution >= 0.6 is 0 Å². The van der Waals surface area contributed by atoms with Crippen LogP contribution in [0.1, 0.15) is 41.1 Å². The van der Waals surface area contributed by atoms with Gasteiger partial charge in [0, 0.05) is 12.1 Å². The summed E-state index contributed by atoms with van der Waals surface area (Å²) in [6.07, 6.45) is 5.26. The Bertz CT molecular complexity index is 733. The molecule has 0 saturated carbocycles. The molecule has 4 heteroatoms. The predicted octanol–water partition coefficient (Wildman–Crippen LogP) is 3.44. The van der Waals surface area contributed by atoms with E-state index in [1.807, 2.05) is 17.9 Å². The lowest BCUT2D eigenvalue weighted by atomic mass is 9.94. The van der Waals surface area contributed by atoms with Crippen LogP contribution in [0.3, 0.4) is 0 Å². The zero-order chi connectivity index (χ0) is 15.1. The highest BCUT2D eigenvalue weighted by atomic mass is 16.5. The highest BCUT2D eigenvalue weighted by Crippen LogP contribution is 2.39. The average Bonchev–Trinajstić information content (AvgIpc) is 3.09. The second-order valence-electron chi connectivity index (χ2n) is 6.10. The minimum atomic E-state index is -0.00675. The summed E-state index contributed by atoms with van der Waals surface area (Å²) >= 11 is 0. The number of amides is 1. The van der Waals surface area contributed by atoms with Gasteiger partial charge in [-0.15, -0.1) is 0 Å². The molecule has 3 heterocycles. The predicted molar refractivity (Wildman–Crippen MR) is 83.3 cm³/mol. The van der Waals surface area contributed by atoms with E-state index < -0.39 is 0 Å². The van der Waals surface area contributed by atoms with Crippen LogP contribution in [0.25, 0.3) is 5.57 Å². The van der Waals surface area contributed by atoms with Gasteiger partial charge in [0.05, 0.1) is 6.04 Å². The third-order valence-corrected chi connectivity index (χ3v) is 4.62. The Hall–Kier alpha value is -2.36. The molecule has 2 aliphatic heterocycles. The lowest BCUT2D eigenvalue weighted by Gasteiger charge is -2.33. The number of nitrogens with zero attached hydrogens (tertiary/aromatic N) is 2. The highest BCUT2D eigenvalue weighted by Gasteiger charge is 2.40. The Morgan fingerprint density at radius 3 is 2.77 bits per heavy atom. The van der Waals surface area contributed by atoms with Crippen molar-refractivity contribution in [2.24, 2.45) is 0 Å². The van der Waals surface area contributed by atoms with Gasteiger partial charge in [-0.3, -0.25) is 4.79 Å². The summed E-state index contributed by atoms with van der Waals surface area (Å²) < 4.78 is 5.04. The van der Waals surface area contributed by atoms with Crippen LogP contribution in [-0.4, -0.2) is 28.0 Å². The van der Waals surface area contributed by atoms with E-state index in [-0.39, 0.29) is 18.0 Å². The first-order valence-electron chi connectivity index (χ1n) is 7.74. The van der Waals surface area contributed by atoms with E-state index in [1.54, 1.807) is 6.07 Å². The molecule has 1 aromatic heterocycles. The van der Waals surface area contributed by atoms with Crippen molar-refractivity contribution in [2.45, 2.75) is 38.3 Å². The van der Waals surface area contributed by atoms with Crippen molar-refractivity contribution < 1.29 is 9.32 Å². The van der Waals surface area contributed by atoms with Crippen LogP contribution in [-0.2, 0) is 0 Å². The molecule has 112 valence electrons. The molecule has 2 aliphatic rings. The Labute approximate surface area is 129 Å². The number of aryl methyl sites for hydroxylation is 1. The number of carbonyl (C=O) groups excluding carboxylic acids is 1. The molecule has 1 fully saturated rings. The van der Waals surface area contributed by atoms with E-state index in [2.05, 4.69) is 35.5 Å². The molecule has 4 nitrogen and oxygen atoms in total. The molecular formula is C18H18N2O2. The number of carbonyl (C=O) groups is 1. The summed E-state index contributed by atoms with van der Waals surface area (Å²) in [5.41, 5.74) is 3.04. The molecule has 0 radical (unpaired) electrons. The van der Waals surface area contributed by atoms with Crippen LogP contribution in [0, 0.1) is 6.92 Å². The average molecular weight is 294 g/mol. The summed E-state index contributed by atoms with van der Waals surface area (Å²) in [5.74, 6) is 0.668. The van der Waals surface area contributed by atoms with Gasteiger partial charge < -0.3 is 9.42 Å². The van der Waals surface area contributed by atoms with Gasteiger partial charge in [0.25, 0.3) is 5.91 Å². The van der Waals surface area contributed by atoms with Crippen LogP contribution in [0.4, 0.5) is 0 Å². The van der Waals surface area contributed by atoms with E-state index in [0.29, 0.717) is 11.5 Å². The number of benzene rings is 1. The Morgan fingerprint density at radius 1 is 1.27 bits per heavy atom. The first-order valence-corrected chi connectivity index (χ1v) is 7.74. The highest BCUT2D eigenvalue weighted by molar-refractivity contribution is 5.93. The first kappa shape index (κ1) is 13.3. The molecule has 1 aromatic carbocycles. The maximum absolute atomic E-state index is 12.7. The molecule has 2 atom stereocenters. The molecule has 0 N–H and O–H groups in total. The van der Waals surface area contributed by atoms with Gasteiger partial charge in [0.1, 0.15) is 5.76 Å². The largest absolute Gasteiger partial charge is 0.361 e. The van der Waals surface area contributed by atoms with Gasteiger partial charge in [-0.1, -0.05) is 41.6 Å². The van der Waals surface area contributed by atoms with E-state index in [1.165, 1.54) is 11.1 Å². The number of hydrogen-bond donors (Lipinski definition) is 0. The maximum atomic E-state index is 12.7. The van der Waals surface area contributed by atoms with Crippen molar-refractivity contribution in [2.75, 3.05) is 0 Å². The van der Waals surface area contributed by atoms with Crippen molar-refractivity contribution in [3.8, 4) is 0 Å². The minimum Gasteiger partial charge on any atom is -0.361 e. The number of aromatic nitrogens is 1. The quantitative estimate of drug-likeness (QED) is 0.852. The van der Waals surface area contributed by atoms with E-state index in [4.69, 9.17) is 4.52 Å². The normalized spacial score (nSPS) is 23.5. The number of fused-ring (bicyclic) bond motifs is 2. The van der Waals surface area contributed by atoms with Crippen LogP contribution in [0.2, 0.25) is 0 Å². The zero-order valence-corrected chi connectivity index (χ0v) is 12.5. The molecule has 1 saturated heterocycles. The minimum absolute atomic E-state index is 0.00675. The lowest BCUT2D eigenvalue weighted by molar-refractivity contribution is 0.0681. The zero-order valence-electron chi connectivity index (χ0n) is 12.5. The Kier molecular flexibility index (Phi) is 3.10. The molecule has 0 spiro atoms. The van der Waals surface area contributed by atoms with Crippen molar-refractivity contribution >= 4 is 11.5 Å². The molecule has 22 heavy (non-hydrogen) atoms. The number of hydrogen-bond acceptors (Lipinski definition) is 3. The molecule has 2 unspecified atom stereocenters. The first-order chi connectivity index (χ1) is 10.7.